The molecule has 90 valence electrons. The first-order valence-corrected chi connectivity index (χ1v) is 6.93. The predicted octanol–water partition coefficient (Wildman–Crippen LogP) is 2.38. The van der Waals surface area contributed by atoms with Gasteiger partial charge in [0, 0.05) is 6.54 Å². The van der Waals surface area contributed by atoms with E-state index in [1.165, 1.54) is 5.56 Å². The van der Waals surface area contributed by atoms with Crippen LogP contribution >= 0.6 is 7.75 Å². The molecular formula is C11H18NO3P. The van der Waals surface area contributed by atoms with E-state index in [4.69, 9.17) is 9.79 Å². The van der Waals surface area contributed by atoms with Gasteiger partial charge in [-0.05, 0) is 23.5 Å². The highest BCUT2D eigenvalue weighted by Gasteiger charge is 2.11. The molecule has 0 bridgehead atoms. The second-order valence-corrected chi connectivity index (χ2v) is 5.33. The zero-order chi connectivity index (χ0) is 12.2. The highest BCUT2D eigenvalue weighted by molar-refractivity contribution is 7.49. The number of rotatable bonds is 5. The highest BCUT2D eigenvalue weighted by Crippen LogP contribution is 2.28. The van der Waals surface area contributed by atoms with Gasteiger partial charge in [0.15, 0.2) is 0 Å². The molecule has 0 amide bonds. The van der Waals surface area contributed by atoms with Gasteiger partial charge >= 0.3 is 7.75 Å². The van der Waals surface area contributed by atoms with Crippen molar-refractivity contribution >= 4 is 7.75 Å². The largest absolute Gasteiger partial charge is 0.400 e. The topological polar surface area (TPSA) is 69.6 Å². The molecule has 0 aliphatic carbocycles. The number of hydrogen-bond donors (Lipinski definition) is 3. The fourth-order valence-electron chi connectivity index (χ4n) is 1.39. The first-order chi connectivity index (χ1) is 7.42. The van der Waals surface area contributed by atoms with Crippen LogP contribution in [0.3, 0.4) is 0 Å². The van der Waals surface area contributed by atoms with E-state index >= 15 is 0 Å². The van der Waals surface area contributed by atoms with Crippen molar-refractivity contribution in [2.24, 2.45) is 0 Å². The molecule has 0 saturated heterocycles. The van der Waals surface area contributed by atoms with Crippen molar-refractivity contribution < 1.29 is 14.4 Å². The SMILES string of the molecule is CCC(C)c1ccc(CNP(=O)(O)O)cc1. The lowest BCUT2D eigenvalue weighted by molar-refractivity contribution is 0.357. The van der Waals surface area contributed by atoms with Gasteiger partial charge in [-0.15, -0.1) is 0 Å². The predicted molar refractivity (Wildman–Crippen MR) is 64.0 cm³/mol. The molecule has 0 heterocycles. The summed E-state index contributed by atoms with van der Waals surface area (Å²) < 4.78 is 10.6. The van der Waals surface area contributed by atoms with Crippen LogP contribution in [0, 0.1) is 0 Å². The Hall–Kier alpha value is -0.670. The van der Waals surface area contributed by atoms with E-state index in [-0.39, 0.29) is 6.54 Å². The minimum Gasteiger partial charge on any atom is -0.313 e. The van der Waals surface area contributed by atoms with Crippen LogP contribution in [-0.4, -0.2) is 9.79 Å². The maximum absolute atomic E-state index is 10.6. The number of benzene rings is 1. The van der Waals surface area contributed by atoms with Gasteiger partial charge in [0.25, 0.3) is 0 Å². The van der Waals surface area contributed by atoms with Crippen molar-refractivity contribution in [2.75, 3.05) is 0 Å². The molecule has 1 unspecified atom stereocenters. The average Bonchev–Trinajstić information content (AvgIpc) is 2.25. The number of hydrogen-bond acceptors (Lipinski definition) is 1. The van der Waals surface area contributed by atoms with E-state index in [2.05, 4.69) is 18.9 Å². The molecule has 4 nitrogen and oxygen atoms in total. The lowest BCUT2D eigenvalue weighted by Gasteiger charge is -2.10. The first-order valence-electron chi connectivity index (χ1n) is 5.32. The van der Waals surface area contributed by atoms with E-state index in [1.54, 1.807) is 0 Å². The van der Waals surface area contributed by atoms with Crippen LogP contribution in [0.25, 0.3) is 0 Å². The molecule has 16 heavy (non-hydrogen) atoms. The third kappa shape index (κ3) is 4.45. The Bertz CT molecular complexity index is 371. The van der Waals surface area contributed by atoms with Crippen molar-refractivity contribution in [3.05, 3.63) is 35.4 Å². The van der Waals surface area contributed by atoms with Gasteiger partial charge < -0.3 is 9.79 Å². The summed E-state index contributed by atoms with van der Waals surface area (Å²) in [7, 11) is -4.12. The zero-order valence-electron chi connectivity index (χ0n) is 9.55. The maximum atomic E-state index is 10.6. The second-order valence-electron chi connectivity index (χ2n) is 3.93. The van der Waals surface area contributed by atoms with Gasteiger partial charge in [-0.25, -0.2) is 9.65 Å². The second kappa shape index (κ2) is 5.60. The van der Waals surface area contributed by atoms with E-state index in [0.717, 1.165) is 12.0 Å². The highest BCUT2D eigenvalue weighted by atomic mass is 31.2. The molecule has 0 spiro atoms. The summed E-state index contributed by atoms with van der Waals surface area (Å²) >= 11 is 0. The van der Waals surface area contributed by atoms with Crippen molar-refractivity contribution in [1.29, 1.82) is 0 Å². The maximum Gasteiger partial charge on any atom is 0.400 e. The summed E-state index contributed by atoms with van der Waals surface area (Å²) in [6.07, 6.45) is 1.08. The van der Waals surface area contributed by atoms with Gasteiger partial charge in [-0.1, -0.05) is 38.1 Å². The molecule has 3 N–H and O–H groups in total. The lowest BCUT2D eigenvalue weighted by atomic mass is 9.98. The Morgan fingerprint density at radius 2 is 1.88 bits per heavy atom. The molecule has 1 rings (SSSR count). The molecule has 1 aromatic rings. The van der Waals surface area contributed by atoms with Gasteiger partial charge in [0.2, 0.25) is 0 Å². The first kappa shape index (κ1) is 13.4. The molecular weight excluding hydrogens is 225 g/mol. The molecule has 0 radical (unpaired) electrons. The molecule has 0 saturated carbocycles. The summed E-state index contributed by atoms with van der Waals surface area (Å²) in [6, 6.07) is 7.80. The molecule has 1 atom stereocenters. The Kier molecular flexibility index (Phi) is 4.69. The van der Waals surface area contributed by atoms with Crippen LogP contribution in [0.15, 0.2) is 24.3 Å². The van der Waals surface area contributed by atoms with Crippen LogP contribution in [0.1, 0.15) is 37.3 Å². The van der Waals surface area contributed by atoms with Crippen LogP contribution in [0.4, 0.5) is 0 Å². The van der Waals surface area contributed by atoms with Crippen molar-refractivity contribution in [2.45, 2.75) is 32.7 Å². The van der Waals surface area contributed by atoms with Crippen LogP contribution in [-0.2, 0) is 11.1 Å². The van der Waals surface area contributed by atoms with Gasteiger partial charge in [0.1, 0.15) is 0 Å². The number of nitrogens with one attached hydrogen (secondary N) is 1. The molecule has 0 fully saturated rings. The molecule has 5 heteroatoms. The Balaban J connectivity index is 2.61. The lowest BCUT2D eigenvalue weighted by Crippen LogP contribution is -2.08. The van der Waals surface area contributed by atoms with E-state index in [1.807, 2.05) is 24.3 Å². The molecule has 1 aromatic carbocycles. The van der Waals surface area contributed by atoms with E-state index < -0.39 is 7.75 Å². The van der Waals surface area contributed by atoms with Gasteiger partial charge in [0.05, 0.1) is 0 Å². The minimum atomic E-state index is -4.12. The van der Waals surface area contributed by atoms with Crippen molar-refractivity contribution in [3.8, 4) is 0 Å². The van der Waals surface area contributed by atoms with E-state index in [9.17, 15) is 4.57 Å². The van der Waals surface area contributed by atoms with Crippen LogP contribution < -0.4 is 5.09 Å². The van der Waals surface area contributed by atoms with Crippen LogP contribution in [0.2, 0.25) is 0 Å². The summed E-state index contributed by atoms with van der Waals surface area (Å²) in [6.45, 7) is 4.47. The molecule has 0 aliphatic heterocycles. The Morgan fingerprint density at radius 3 is 2.31 bits per heavy atom. The fraction of sp³-hybridized carbons (Fsp3) is 0.455. The van der Waals surface area contributed by atoms with Gasteiger partial charge in [-0.2, -0.15) is 0 Å². The average molecular weight is 243 g/mol. The zero-order valence-corrected chi connectivity index (χ0v) is 10.4. The van der Waals surface area contributed by atoms with Crippen molar-refractivity contribution in [3.63, 3.8) is 0 Å². The standard InChI is InChI=1S/C11H18NO3P/c1-3-9(2)11-6-4-10(5-7-11)8-12-16(13,14)15/h4-7,9H,3,8H2,1-2H3,(H3,12,13,14,15). The summed E-state index contributed by atoms with van der Waals surface area (Å²) in [4.78, 5) is 17.3. The van der Waals surface area contributed by atoms with E-state index in [0.29, 0.717) is 5.92 Å². The Labute approximate surface area is 95.9 Å². The molecule has 0 aliphatic rings. The normalized spacial score (nSPS) is 13.8. The summed E-state index contributed by atoms with van der Waals surface area (Å²) in [5.41, 5.74) is 2.12. The van der Waals surface area contributed by atoms with Crippen LogP contribution in [0.5, 0.6) is 0 Å². The Morgan fingerprint density at radius 1 is 1.31 bits per heavy atom. The smallest absolute Gasteiger partial charge is 0.313 e. The minimum absolute atomic E-state index is 0.186. The summed E-state index contributed by atoms with van der Waals surface area (Å²) in [5.74, 6) is 0.517. The summed E-state index contributed by atoms with van der Waals surface area (Å²) in [5, 5.41) is 2.17. The van der Waals surface area contributed by atoms with Gasteiger partial charge in [-0.3, -0.25) is 0 Å². The monoisotopic (exact) mass is 243 g/mol. The third-order valence-corrected chi connectivity index (χ3v) is 3.22. The van der Waals surface area contributed by atoms with Crippen molar-refractivity contribution in [1.82, 2.24) is 5.09 Å². The fourth-order valence-corrected chi connectivity index (χ4v) is 1.78. The molecule has 0 aromatic heterocycles. The third-order valence-electron chi connectivity index (χ3n) is 2.65. The quantitative estimate of drug-likeness (QED) is 0.694.